The zero-order valence-corrected chi connectivity index (χ0v) is 16.8. The van der Waals surface area contributed by atoms with Gasteiger partial charge in [-0.2, -0.15) is 0 Å². The van der Waals surface area contributed by atoms with E-state index in [0.717, 1.165) is 16.0 Å². The quantitative estimate of drug-likeness (QED) is 0.399. The molecule has 4 N–H and O–H groups in total. The highest BCUT2D eigenvalue weighted by Crippen LogP contribution is 2.27. The first-order valence-corrected chi connectivity index (χ1v) is 9.77. The molecule has 3 aromatic rings. The monoisotopic (exact) mass is 416 g/mol. The van der Waals surface area contributed by atoms with Crippen LogP contribution in [0.4, 0.5) is 0 Å². The van der Waals surface area contributed by atoms with Crippen molar-refractivity contribution in [3.8, 4) is 17.4 Å². The van der Waals surface area contributed by atoms with Crippen LogP contribution in [0, 0.1) is 3.95 Å². The van der Waals surface area contributed by atoms with Gasteiger partial charge in [0.2, 0.25) is 5.88 Å². The lowest BCUT2D eigenvalue weighted by Gasteiger charge is -2.10. The maximum atomic E-state index is 11.4. The van der Waals surface area contributed by atoms with Crippen LogP contribution in [-0.2, 0) is 22.4 Å². The Morgan fingerprint density at radius 2 is 1.71 bits per heavy atom. The first-order valence-electron chi connectivity index (χ1n) is 8.54. The molecule has 6 nitrogen and oxygen atoms in total. The number of benzene rings is 2. The number of aromatic hydroxyl groups is 1. The first kappa shape index (κ1) is 20.1. The van der Waals surface area contributed by atoms with Crippen LogP contribution in [0.3, 0.4) is 0 Å². The second-order valence-corrected chi connectivity index (χ2v) is 7.96. The van der Waals surface area contributed by atoms with Crippen LogP contribution in [-0.4, -0.2) is 29.2 Å². The number of nitrogens with one attached hydrogen (secondary N) is 1. The SMILES string of the molecule is COC(=O)[C@@H](N)Cc1ccc(Oc2ccc(Cc3sc(=S)[nH]c3O)cc2)cc1. The molecule has 146 valence electrons. The summed E-state index contributed by atoms with van der Waals surface area (Å²) < 4.78 is 11.0. The van der Waals surface area contributed by atoms with Gasteiger partial charge in [-0.15, -0.1) is 11.3 Å². The number of H-pyrrole nitrogens is 1. The van der Waals surface area contributed by atoms with Crippen LogP contribution >= 0.6 is 23.6 Å². The molecule has 0 aliphatic heterocycles. The third kappa shape index (κ3) is 5.19. The van der Waals surface area contributed by atoms with E-state index in [-0.39, 0.29) is 5.88 Å². The van der Waals surface area contributed by atoms with E-state index in [1.54, 1.807) is 0 Å². The standard InChI is InChI=1S/C20H20N2O4S2/c1-25-19(24)16(21)10-12-2-6-14(7-3-12)26-15-8-4-13(5-9-15)11-17-18(23)22-20(27)28-17/h2-9,16,23H,10-11,21H2,1H3,(H,22,27)/t16-/m0/s1. The highest BCUT2D eigenvalue weighted by atomic mass is 32.1. The highest BCUT2D eigenvalue weighted by Gasteiger charge is 2.14. The Bertz CT molecular complexity index is 994. The number of carbonyl (C=O) groups is 1. The predicted molar refractivity (Wildman–Crippen MR) is 111 cm³/mol. The van der Waals surface area contributed by atoms with E-state index in [4.69, 9.17) is 22.7 Å². The van der Waals surface area contributed by atoms with Crippen molar-refractivity contribution in [1.82, 2.24) is 4.98 Å². The lowest BCUT2D eigenvalue weighted by Crippen LogP contribution is -2.33. The number of hydrogen-bond acceptors (Lipinski definition) is 7. The second-order valence-electron chi connectivity index (χ2n) is 6.19. The number of rotatable bonds is 7. The summed E-state index contributed by atoms with van der Waals surface area (Å²) in [5, 5.41) is 9.79. The van der Waals surface area contributed by atoms with Crippen LogP contribution in [0.2, 0.25) is 0 Å². The molecule has 0 radical (unpaired) electrons. The molecule has 28 heavy (non-hydrogen) atoms. The number of thiazole rings is 1. The normalized spacial score (nSPS) is 11.8. The zero-order chi connectivity index (χ0) is 20.1. The van der Waals surface area contributed by atoms with Crippen molar-refractivity contribution in [1.29, 1.82) is 0 Å². The minimum Gasteiger partial charge on any atom is -0.494 e. The fourth-order valence-corrected chi connectivity index (χ4v) is 3.81. The Hall–Kier alpha value is -2.68. The largest absolute Gasteiger partial charge is 0.494 e. The Kier molecular flexibility index (Phi) is 6.45. The molecule has 0 amide bonds. The molecule has 0 fully saturated rings. The van der Waals surface area contributed by atoms with Gasteiger partial charge in [0.15, 0.2) is 3.95 Å². The van der Waals surface area contributed by atoms with E-state index in [2.05, 4.69) is 9.72 Å². The maximum absolute atomic E-state index is 11.4. The summed E-state index contributed by atoms with van der Waals surface area (Å²) in [5.41, 5.74) is 7.74. The minimum atomic E-state index is -0.679. The predicted octanol–water partition coefficient (Wildman–Crippen LogP) is 3.94. The molecule has 0 unspecified atom stereocenters. The van der Waals surface area contributed by atoms with Crippen molar-refractivity contribution in [3.05, 3.63) is 68.5 Å². The molecule has 1 heterocycles. The van der Waals surface area contributed by atoms with E-state index in [1.807, 2.05) is 48.5 Å². The van der Waals surface area contributed by atoms with Gasteiger partial charge in [0.1, 0.15) is 17.5 Å². The van der Waals surface area contributed by atoms with Crippen LogP contribution in [0.5, 0.6) is 17.4 Å². The van der Waals surface area contributed by atoms with Crippen molar-refractivity contribution in [2.45, 2.75) is 18.9 Å². The van der Waals surface area contributed by atoms with Gasteiger partial charge in [-0.3, -0.25) is 4.79 Å². The van der Waals surface area contributed by atoms with Gasteiger partial charge in [0, 0.05) is 6.42 Å². The Balaban J connectivity index is 1.60. The zero-order valence-electron chi connectivity index (χ0n) is 15.2. The van der Waals surface area contributed by atoms with E-state index in [0.29, 0.717) is 28.3 Å². The summed E-state index contributed by atoms with van der Waals surface area (Å²) >= 11 is 6.40. The first-order chi connectivity index (χ1) is 13.4. The van der Waals surface area contributed by atoms with Gasteiger partial charge in [-0.05, 0) is 54.0 Å². The maximum Gasteiger partial charge on any atom is 0.322 e. The molecule has 8 heteroatoms. The van der Waals surface area contributed by atoms with Gasteiger partial charge in [-0.1, -0.05) is 24.3 Å². The Morgan fingerprint density at radius 1 is 1.14 bits per heavy atom. The molecule has 0 spiro atoms. The average molecular weight is 417 g/mol. The molecular formula is C20H20N2O4S2. The average Bonchev–Trinajstić information content (AvgIpc) is 3.01. The lowest BCUT2D eigenvalue weighted by molar-refractivity contribution is -0.142. The molecule has 0 aliphatic rings. The number of ether oxygens (including phenoxy) is 2. The number of esters is 1. The summed E-state index contributed by atoms with van der Waals surface area (Å²) in [4.78, 5) is 14.9. The fraction of sp³-hybridized carbons (Fsp3) is 0.200. The molecular weight excluding hydrogens is 396 g/mol. The number of hydrogen-bond donors (Lipinski definition) is 3. The van der Waals surface area contributed by atoms with Crippen molar-refractivity contribution in [2.24, 2.45) is 5.73 Å². The van der Waals surface area contributed by atoms with Crippen molar-refractivity contribution < 1.29 is 19.4 Å². The van der Waals surface area contributed by atoms with E-state index in [1.165, 1.54) is 18.4 Å². The molecule has 0 saturated heterocycles. The number of aromatic nitrogens is 1. The number of aromatic amines is 1. The van der Waals surface area contributed by atoms with Gasteiger partial charge >= 0.3 is 5.97 Å². The van der Waals surface area contributed by atoms with E-state index in [9.17, 15) is 9.90 Å². The summed E-state index contributed by atoms with van der Waals surface area (Å²) in [6.07, 6.45) is 1.000. The molecule has 1 atom stereocenters. The minimum absolute atomic E-state index is 0.127. The van der Waals surface area contributed by atoms with E-state index >= 15 is 0 Å². The van der Waals surface area contributed by atoms with Gasteiger partial charge in [-0.25, -0.2) is 0 Å². The van der Waals surface area contributed by atoms with Crippen molar-refractivity contribution >= 4 is 29.5 Å². The highest BCUT2D eigenvalue weighted by molar-refractivity contribution is 7.73. The van der Waals surface area contributed by atoms with Crippen LogP contribution in [0.15, 0.2) is 48.5 Å². The van der Waals surface area contributed by atoms with Crippen molar-refractivity contribution in [2.75, 3.05) is 7.11 Å². The summed E-state index contributed by atoms with van der Waals surface area (Å²) in [6.45, 7) is 0. The summed E-state index contributed by atoms with van der Waals surface area (Å²) in [6, 6.07) is 14.4. The Labute approximate surface area is 171 Å². The third-order valence-corrected chi connectivity index (χ3v) is 5.33. The van der Waals surface area contributed by atoms with Crippen LogP contribution < -0.4 is 10.5 Å². The Morgan fingerprint density at radius 3 is 2.21 bits per heavy atom. The van der Waals surface area contributed by atoms with Gasteiger partial charge in [0.25, 0.3) is 0 Å². The summed E-state index contributed by atoms with van der Waals surface area (Å²) in [7, 11) is 1.32. The van der Waals surface area contributed by atoms with Gasteiger partial charge < -0.3 is 25.3 Å². The van der Waals surface area contributed by atoms with E-state index < -0.39 is 12.0 Å². The number of nitrogens with two attached hydrogens (primary N) is 1. The molecule has 0 bridgehead atoms. The van der Waals surface area contributed by atoms with Crippen LogP contribution in [0.25, 0.3) is 0 Å². The smallest absolute Gasteiger partial charge is 0.322 e. The number of carbonyl (C=O) groups excluding carboxylic acids is 1. The van der Waals surface area contributed by atoms with Crippen molar-refractivity contribution in [3.63, 3.8) is 0 Å². The molecule has 2 aromatic carbocycles. The molecule has 3 rings (SSSR count). The molecule has 0 saturated carbocycles. The molecule has 0 aliphatic carbocycles. The fourth-order valence-electron chi connectivity index (χ4n) is 2.65. The van der Waals surface area contributed by atoms with Crippen LogP contribution in [0.1, 0.15) is 16.0 Å². The molecule has 1 aromatic heterocycles. The van der Waals surface area contributed by atoms with Gasteiger partial charge in [0.05, 0.1) is 12.0 Å². The third-order valence-electron chi connectivity index (χ3n) is 4.11. The summed E-state index contributed by atoms with van der Waals surface area (Å²) in [5.74, 6) is 1.08. The topological polar surface area (TPSA) is 97.6 Å². The lowest BCUT2D eigenvalue weighted by atomic mass is 10.1. The number of methoxy groups -OCH3 is 1. The second kappa shape index (κ2) is 9.01.